The average Bonchev–Trinajstić information content (AvgIpc) is 2.80. The van der Waals surface area contributed by atoms with E-state index in [-0.39, 0.29) is 5.92 Å². The van der Waals surface area contributed by atoms with Crippen LogP contribution < -0.4 is 5.73 Å². The van der Waals surface area contributed by atoms with Crippen molar-refractivity contribution in [2.24, 2.45) is 11.7 Å². The van der Waals surface area contributed by atoms with Crippen LogP contribution in [0.25, 0.3) is 11.4 Å². The number of pyridine rings is 1. The highest BCUT2D eigenvalue weighted by molar-refractivity contribution is 5.52. The Morgan fingerprint density at radius 1 is 1.29 bits per heavy atom. The molecule has 4 heteroatoms. The Kier molecular flexibility index (Phi) is 3.54. The van der Waals surface area contributed by atoms with Gasteiger partial charge < -0.3 is 10.7 Å². The summed E-state index contributed by atoms with van der Waals surface area (Å²) in [5.74, 6) is 1.69. The lowest BCUT2D eigenvalue weighted by Crippen LogP contribution is -2.19. The summed E-state index contributed by atoms with van der Waals surface area (Å²) >= 11 is 0. The van der Waals surface area contributed by atoms with Gasteiger partial charge in [-0.2, -0.15) is 0 Å². The van der Waals surface area contributed by atoms with E-state index in [9.17, 15) is 0 Å². The van der Waals surface area contributed by atoms with Gasteiger partial charge in [0, 0.05) is 18.7 Å². The van der Waals surface area contributed by atoms with E-state index in [1.165, 1.54) is 0 Å². The molecule has 0 fully saturated rings. The lowest BCUT2D eigenvalue weighted by atomic mass is 9.95. The third-order valence-electron chi connectivity index (χ3n) is 2.95. The lowest BCUT2D eigenvalue weighted by Gasteiger charge is -2.15. The van der Waals surface area contributed by atoms with Crippen molar-refractivity contribution >= 4 is 0 Å². The van der Waals surface area contributed by atoms with Crippen LogP contribution in [0.5, 0.6) is 0 Å². The molecular weight excluding hydrogens is 212 g/mol. The molecule has 0 amide bonds. The minimum atomic E-state index is 0.271. The summed E-state index contributed by atoms with van der Waals surface area (Å²) in [6.45, 7) is 4.91. The predicted molar refractivity (Wildman–Crippen MR) is 68.5 cm³/mol. The van der Waals surface area contributed by atoms with Gasteiger partial charge in [0.2, 0.25) is 0 Å². The normalized spacial score (nSPS) is 12.9. The zero-order chi connectivity index (χ0) is 12.3. The molecule has 2 aromatic rings. The fraction of sp³-hybridized carbons (Fsp3) is 0.385. The van der Waals surface area contributed by atoms with Crippen molar-refractivity contribution in [3.05, 3.63) is 36.4 Å². The molecule has 0 saturated heterocycles. The van der Waals surface area contributed by atoms with E-state index < -0.39 is 0 Å². The molecule has 0 bridgehead atoms. The summed E-state index contributed by atoms with van der Waals surface area (Å²) < 4.78 is 0. The van der Waals surface area contributed by atoms with Crippen LogP contribution in [-0.2, 0) is 0 Å². The Balaban J connectivity index is 2.27. The lowest BCUT2D eigenvalue weighted by molar-refractivity contribution is 0.487. The molecular formula is C13H18N4. The van der Waals surface area contributed by atoms with Crippen LogP contribution in [0.4, 0.5) is 0 Å². The van der Waals surface area contributed by atoms with Crippen molar-refractivity contribution in [1.29, 1.82) is 0 Å². The summed E-state index contributed by atoms with van der Waals surface area (Å²) in [7, 11) is 0. The van der Waals surface area contributed by atoms with Gasteiger partial charge in [-0.05, 0) is 18.1 Å². The molecule has 90 valence electrons. The van der Waals surface area contributed by atoms with Gasteiger partial charge in [-0.1, -0.05) is 19.9 Å². The zero-order valence-electron chi connectivity index (χ0n) is 10.2. The van der Waals surface area contributed by atoms with Gasteiger partial charge in [-0.25, -0.2) is 4.98 Å². The molecule has 2 aromatic heterocycles. The molecule has 0 aliphatic heterocycles. The van der Waals surface area contributed by atoms with Crippen LogP contribution in [0.1, 0.15) is 25.6 Å². The third-order valence-corrected chi connectivity index (χ3v) is 2.95. The fourth-order valence-corrected chi connectivity index (χ4v) is 1.88. The van der Waals surface area contributed by atoms with Gasteiger partial charge in [0.15, 0.2) is 0 Å². The molecule has 0 aliphatic rings. The van der Waals surface area contributed by atoms with E-state index in [0.29, 0.717) is 12.5 Å². The van der Waals surface area contributed by atoms with Gasteiger partial charge in [0.05, 0.1) is 17.6 Å². The van der Waals surface area contributed by atoms with Crippen LogP contribution in [-0.4, -0.2) is 21.5 Å². The Hall–Kier alpha value is -1.68. The number of nitrogens with one attached hydrogen (secondary N) is 1. The topological polar surface area (TPSA) is 67.6 Å². The first kappa shape index (κ1) is 11.8. The van der Waals surface area contributed by atoms with E-state index in [4.69, 9.17) is 5.73 Å². The second-order valence-electron chi connectivity index (χ2n) is 4.48. The molecule has 2 heterocycles. The highest BCUT2D eigenvalue weighted by Crippen LogP contribution is 2.23. The van der Waals surface area contributed by atoms with Crippen molar-refractivity contribution in [3.8, 4) is 11.4 Å². The zero-order valence-corrected chi connectivity index (χ0v) is 10.2. The summed E-state index contributed by atoms with van der Waals surface area (Å²) in [6, 6.07) is 5.83. The fourth-order valence-electron chi connectivity index (χ4n) is 1.88. The van der Waals surface area contributed by atoms with E-state index >= 15 is 0 Å². The molecule has 1 unspecified atom stereocenters. The highest BCUT2D eigenvalue weighted by atomic mass is 14.9. The summed E-state index contributed by atoms with van der Waals surface area (Å²) in [6.07, 6.45) is 3.60. The Morgan fingerprint density at radius 2 is 2.12 bits per heavy atom. The molecule has 0 aromatic carbocycles. The summed E-state index contributed by atoms with van der Waals surface area (Å²) in [5.41, 5.74) is 7.63. The van der Waals surface area contributed by atoms with Crippen molar-refractivity contribution in [3.63, 3.8) is 0 Å². The number of imidazole rings is 1. The van der Waals surface area contributed by atoms with Crippen LogP contribution in [0.3, 0.4) is 0 Å². The van der Waals surface area contributed by atoms with E-state index in [2.05, 4.69) is 28.8 Å². The predicted octanol–water partition coefficient (Wildman–Crippen LogP) is 2.17. The third kappa shape index (κ3) is 2.53. The second kappa shape index (κ2) is 5.10. The van der Waals surface area contributed by atoms with Crippen molar-refractivity contribution in [2.45, 2.75) is 19.8 Å². The average molecular weight is 230 g/mol. The van der Waals surface area contributed by atoms with Crippen molar-refractivity contribution in [1.82, 2.24) is 15.0 Å². The van der Waals surface area contributed by atoms with Gasteiger partial charge in [-0.15, -0.1) is 0 Å². The van der Waals surface area contributed by atoms with Gasteiger partial charge >= 0.3 is 0 Å². The second-order valence-corrected chi connectivity index (χ2v) is 4.48. The van der Waals surface area contributed by atoms with Crippen LogP contribution in [0, 0.1) is 5.92 Å². The quantitative estimate of drug-likeness (QED) is 0.845. The molecule has 0 spiro atoms. The first-order valence-corrected chi connectivity index (χ1v) is 5.88. The van der Waals surface area contributed by atoms with Gasteiger partial charge in [0.25, 0.3) is 0 Å². The summed E-state index contributed by atoms with van der Waals surface area (Å²) in [5, 5.41) is 0. The number of hydrogen-bond acceptors (Lipinski definition) is 3. The number of hydrogen-bond donors (Lipinski definition) is 2. The largest absolute Gasteiger partial charge is 0.340 e. The van der Waals surface area contributed by atoms with Gasteiger partial charge in [0.1, 0.15) is 5.82 Å². The smallest absolute Gasteiger partial charge is 0.111 e. The number of aromatic amines is 1. The SMILES string of the molecule is CC(C)C(CN)c1ncc(-c2ccccn2)[nH]1. The Bertz CT molecular complexity index is 461. The maximum Gasteiger partial charge on any atom is 0.111 e. The van der Waals surface area contributed by atoms with Crippen molar-refractivity contribution in [2.75, 3.05) is 6.54 Å². The molecule has 2 rings (SSSR count). The molecule has 0 radical (unpaired) electrons. The van der Waals surface area contributed by atoms with Crippen molar-refractivity contribution < 1.29 is 0 Å². The number of rotatable bonds is 4. The minimum Gasteiger partial charge on any atom is -0.340 e. The minimum absolute atomic E-state index is 0.271. The maximum atomic E-state index is 5.78. The first-order chi connectivity index (χ1) is 8.22. The monoisotopic (exact) mass is 230 g/mol. The van der Waals surface area contributed by atoms with E-state index in [1.54, 1.807) is 6.20 Å². The highest BCUT2D eigenvalue weighted by Gasteiger charge is 2.17. The van der Waals surface area contributed by atoms with E-state index in [0.717, 1.165) is 17.2 Å². The molecule has 3 N–H and O–H groups in total. The molecule has 0 saturated carbocycles. The molecule has 4 nitrogen and oxygen atoms in total. The number of nitrogens with two attached hydrogens (primary N) is 1. The standard InChI is InChI=1S/C13H18N4/c1-9(2)10(7-14)13-16-8-12(17-13)11-5-3-4-6-15-11/h3-6,8-10H,7,14H2,1-2H3,(H,16,17). The van der Waals surface area contributed by atoms with Crippen LogP contribution in [0.15, 0.2) is 30.6 Å². The van der Waals surface area contributed by atoms with E-state index in [1.807, 2.05) is 24.4 Å². The maximum absolute atomic E-state index is 5.78. The van der Waals surface area contributed by atoms with Crippen LogP contribution in [0.2, 0.25) is 0 Å². The molecule has 17 heavy (non-hydrogen) atoms. The Morgan fingerprint density at radius 3 is 2.71 bits per heavy atom. The number of aromatic nitrogens is 3. The summed E-state index contributed by atoms with van der Waals surface area (Å²) in [4.78, 5) is 12.0. The van der Waals surface area contributed by atoms with Gasteiger partial charge in [-0.3, -0.25) is 4.98 Å². The molecule has 0 aliphatic carbocycles. The first-order valence-electron chi connectivity index (χ1n) is 5.88. The number of nitrogens with zero attached hydrogens (tertiary/aromatic N) is 2. The number of H-pyrrole nitrogens is 1. The Labute approximate surface area is 101 Å². The van der Waals surface area contributed by atoms with Crippen LogP contribution >= 0.6 is 0 Å². The molecule has 1 atom stereocenters.